The number of nitrogens with zero attached hydrogens (tertiary/aromatic N) is 2. The largest absolute Gasteiger partial charge is 0.465 e. The van der Waals surface area contributed by atoms with E-state index in [9.17, 15) is 9.59 Å². The summed E-state index contributed by atoms with van der Waals surface area (Å²) in [6.45, 7) is 3.55. The lowest BCUT2D eigenvalue weighted by Crippen LogP contribution is -2.20. The molecular formula is C20H19ClN2O4S. The van der Waals surface area contributed by atoms with Crippen molar-refractivity contribution in [1.29, 1.82) is 0 Å². The number of hydrogen-bond acceptors (Lipinski definition) is 5. The Kier molecular flexibility index (Phi) is 6.61. The highest BCUT2D eigenvalue weighted by Crippen LogP contribution is 2.25. The number of aromatic nitrogens is 1. The number of carbonyl (C=O) groups excluding carboxylic acids is 2. The van der Waals surface area contributed by atoms with Crippen LogP contribution in [-0.2, 0) is 16.0 Å². The molecule has 0 aliphatic heterocycles. The topological polar surface area (TPSA) is 69.9 Å². The summed E-state index contributed by atoms with van der Waals surface area (Å²) in [6, 6.07) is 11.8. The van der Waals surface area contributed by atoms with Gasteiger partial charge in [-0.05, 0) is 43.3 Å². The lowest BCUT2D eigenvalue weighted by molar-refractivity contribution is 0.0600. The fourth-order valence-corrected chi connectivity index (χ4v) is 4.11. The summed E-state index contributed by atoms with van der Waals surface area (Å²) in [5.41, 5.74) is 1.59. The molecule has 0 aliphatic rings. The van der Waals surface area contributed by atoms with Crippen LogP contribution in [0.15, 0.2) is 47.5 Å². The van der Waals surface area contributed by atoms with Crippen molar-refractivity contribution >= 4 is 45.0 Å². The molecule has 3 aromatic rings. The number of hydrogen-bond donors (Lipinski definition) is 0. The number of amides is 1. The Morgan fingerprint density at radius 3 is 2.54 bits per heavy atom. The van der Waals surface area contributed by atoms with E-state index in [1.807, 2.05) is 29.7 Å². The minimum Gasteiger partial charge on any atom is -0.465 e. The molecule has 3 rings (SSSR count). The Morgan fingerprint density at radius 2 is 1.86 bits per heavy atom. The number of esters is 1. The minimum absolute atomic E-state index is 0.375. The average Bonchev–Trinajstić information content (AvgIpc) is 3.06. The molecule has 0 fully saturated rings. The zero-order valence-corrected chi connectivity index (χ0v) is 17.0. The van der Waals surface area contributed by atoms with Crippen LogP contribution >= 0.6 is 22.9 Å². The van der Waals surface area contributed by atoms with Gasteiger partial charge < -0.3 is 14.0 Å². The summed E-state index contributed by atoms with van der Waals surface area (Å²) in [5, 5.41) is 0.599. The summed E-state index contributed by atoms with van der Waals surface area (Å²) >= 11 is 7.77. The van der Waals surface area contributed by atoms with E-state index in [0.29, 0.717) is 40.7 Å². The molecule has 6 nitrogen and oxygen atoms in total. The molecule has 0 radical (unpaired) electrons. The van der Waals surface area contributed by atoms with Crippen molar-refractivity contribution in [1.82, 2.24) is 4.57 Å². The van der Waals surface area contributed by atoms with Crippen molar-refractivity contribution in [3.8, 4) is 0 Å². The maximum Gasteiger partial charge on any atom is 0.337 e. The van der Waals surface area contributed by atoms with E-state index in [2.05, 4.69) is 9.73 Å². The number of halogens is 1. The van der Waals surface area contributed by atoms with Crippen LogP contribution in [0.25, 0.3) is 10.2 Å². The highest BCUT2D eigenvalue weighted by atomic mass is 35.5. The monoisotopic (exact) mass is 418 g/mol. The van der Waals surface area contributed by atoms with E-state index in [1.165, 1.54) is 18.4 Å². The lowest BCUT2D eigenvalue weighted by Gasteiger charge is -2.06. The first-order valence-corrected chi connectivity index (χ1v) is 9.87. The number of thiazole rings is 1. The van der Waals surface area contributed by atoms with Gasteiger partial charge in [-0.25, -0.2) is 4.79 Å². The molecule has 0 spiro atoms. The summed E-state index contributed by atoms with van der Waals surface area (Å²) in [7, 11) is 1.31. The normalized spacial score (nSPS) is 11.8. The molecule has 146 valence electrons. The maximum absolute atomic E-state index is 12.7. The minimum atomic E-state index is -0.455. The van der Waals surface area contributed by atoms with Gasteiger partial charge >= 0.3 is 5.97 Å². The molecule has 8 heteroatoms. The van der Waals surface area contributed by atoms with Crippen LogP contribution in [0.3, 0.4) is 0 Å². The standard InChI is InChI=1S/C20H19ClN2O4S/c1-3-27-12-11-23-17-15(21)5-4-6-16(17)28-20(23)22-18(24)13-7-9-14(10-8-13)19(25)26-2/h4-10H,3,11-12H2,1-2H3. The van der Waals surface area contributed by atoms with E-state index < -0.39 is 11.9 Å². The van der Waals surface area contributed by atoms with Gasteiger partial charge in [0, 0.05) is 18.7 Å². The van der Waals surface area contributed by atoms with E-state index in [0.717, 1.165) is 10.2 Å². The summed E-state index contributed by atoms with van der Waals surface area (Å²) in [6.07, 6.45) is 0. The smallest absolute Gasteiger partial charge is 0.337 e. The van der Waals surface area contributed by atoms with Crippen molar-refractivity contribution in [3.63, 3.8) is 0 Å². The second kappa shape index (κ2) is 9.14. The van der Waals surface area contributed by atoms with Gasteiger partial charge in [0.25, 0.3) is 5.91 Å². The highest BCUT2D eigenvalue weighted by molar-refractivity contribution is 7.16. The number of carbonyl (C=O) groups is 2. The quantitative estimate of drug-likeness (QED) is 0.449. The van der Waals surface area contributed by atoms with E-state index in [4.69, 9.17) is 16.3 Å². The molecule has 0 bridgehead atoms. The summed E-state index contributed by atoms with van der Waals surface area (Å²) in [5.74, 6) is -0.854. The number of fused-ring (bicyclic) bond motifs is 1. The Bertz CT molecular complexity index is 1070. The van der Waals surface area contributed by atoms with Crippen molar-refractivity contribution in [3.05, 3.63) is 63.4 Å². The maximum atomic E-state index is 12.7. The molecule has 0 atom stereocenters. The first-order valence-electron chi connectivity index (χ1n) is 8.68. The van der Waals surface area contributed by atoms with Gasteiger partial charge in [-0.1, -0.05) is 29.0 Å². The molecule has 2 aromatic carbocycles. The molecule has 1 aromatic heterocycles. The van der Waals surface area contributed by atoms with Gasteiger partial charge in [-0.15, -0.1) is 0 Å². The van der Waals surface area contributed by atoms with Crippen molar-refractivity contribution < 1.29 is 19.1 Å². The zero-order chi connectivity index (χ0) is 20.1. The summed E-state index contributed by atoms with van der Waals surface area (Å²) < 4.78 is 13.0. The number of para-hydroxylation sites is 1. The molecule has 1 amide bonds. The van der Waals surface area contributed by atoms with Gasteiger partial charge in [-0.2, -0.15) is 4.99 Å². The first kappa shape index (κ1) is 20.3. The predicted molar refractivity (Wildman–Crippen MR) is 109 cm³/mol. The van der Waals surface area contributed by atoms with Crippen molar-refractivity contribution in [2.24, 2.45) is 4.99 Å². The average molecular weight is 419 g/mol. The second-order valence-corrected chi connectivity index (χ2v) is 7.22. The number of rotatable bonds is 6. The highest BCUT2D eigenvalue weighted by Gasteiger charge is 2.12. The van der Waals surface area contributed by atoms with Crippen LogP contribution in [0.1, 0.15) is 27.6 Å². The number of ether oxygens (including phenoxy) is 2. The Morgan fingerprint density at radius 1 is 1.14 bits per heavy atom. The third kappa shape index (κ3) is 4.32. The molecule has 0 N–H and O–H groups in total. The van der Waals surface area contributed by atoms with Crippen molar-refractivity contribution in [2.45, 2.75) is 13.5 Å². The van der Waals surface area contributed by atoms with E-state index >= 15 is 0 Å². The molecule has 28 heavy (non-hydrogen) atoms. The van der Waals surface area contributed by atoms with Gasteiger partial charge in [0.05, 0.1) is 34.5 Å². The number of methoxy groups -OCH3 is 1. The lowest BCUT2D eigenvalue weighted by atomic mass is 10.1. The fourth-order valence-electron chi connectivity index (χ4n) is 2.70. The van der Waals surface area contributed by atoms with Gasteiger partial charge in [-0.3, -0.25) is 4.79 Å². The van der Waals surface area contributed by atoms with Crippen LogP contribution in [0.5, 0.6) is 0 Å². The molecular weight excluding hydrogens is 400 g/mol. The summed E-state index contributed by atoms with van der Waals surface area (Å²) in [4.78, 5) is 29.0. The third-order valence-corrected chi connectivity index (χ3v) is 5.41. The van der Waals surface area contributed by atoms with Crippen LogP contribution in [0.2, 0.25) is 5.02 Å². The first-order chi connectivity index (χ1) is 13.5. The van der Waals surface area contributed by atoms with Gasteiger partial charge in [0.1, 0.15) is 0 Å². The van der Waals surface area contributed by atoms with Crippen LogP contribution < -0.4 is 4.80 Å². The van der Waals surface area contributed by atoms with Crippen LogP contribution in [-0.4, -0.2) is 36.8 Å². The third-order valence-electron chi connectivity index (χ3n) is 4.07. The van der Waals surface area contributed by atoms with Crippen LogP contribution in [0, 0.1) is 0 Å². The Balaban J connectivity index is 2.00. The van der Waals surface area contributed by atoms with E-state index in [1.54, 1.807) is 24.3 Å². The molecule has 0 aliphatic carbocycles. The number of benzene rings is 2. The van der Waals surface area contributed by atoms with E-state index in [-0.39, 0.29) is 0 Å². The molecule has 1 heterocycles. The van der Waals surface area contributed by atoms with Gasteiger partial charge in [0.15, 0.2) is 4.80 Å². The van der Waals surface area contributed by atoms with Crippen LogP contribution in [0.4, 0.5) is 0 Å². The van der Waals surface area contributed by atoms with Gasteiger partial charge in [0.2, 0.25) is 0 Å². The predicted octanol–water partition coefficient (Wildman–Crippen LogP) is 3.92. The SMILES string of the molecule is CCOCCn1c(=NC(=O)c2ccc(C(=O)OC)cc2)sc2cccc(Cl)c21. The Hall–Kier alpha value is -2.48. The van der Waals surface area contributed by atoms with Crippen molar-refractivity contribution in [2.75, 3.05) is 20.3 Å². The fraction of sp³-hybridized carbons (Fsp3) is 0.250. The molecule has 0 saturated carbocycles. The Labute approximate surface area is 171 Å². The molecule has 0 unspecified atom stereocenters. The second-order valence-electron chi connectivity index (χ2n) is 5.81. The molecule has 0 saturated heterocycles. The zero-order valence-electron chi connectivity index (χ0n) is 15.5.